The van der Waals surface area contributed by atoms with Gasteiger partial charge in [0.1, 0.15) is 29.8 Å². The molecule has 7 amide bonds. The van der Waals surface area contributed by atoms with Crippen molar-refractivity contribution in [3.8, 4) is 11.1 Å². The van der Waals surface area contributed by atoms with Gasteiger partial charge in [0.2, 0.25) is 29.5 Å². The van der Waals surface area contributed by atoms with E-state index in [9.17, 15) is 52.6 Å². The molecule has 0 saturated carbocycles. The number of imide groups is 1. The molecule has 0 unspecified atom stereocenters. The summed E-state index contributed by atoms with van der Waals surface area (Å²) in [7, 11) is 0. The Hall–Kier alpha value is -6.90. The van der Waals surface area contributed by atoms with Gasteiger partial charge in [-0.25, -0.2) is 13.6 Å². The highest BCUT2D eigenvalue weighted by Crippen LogP contribution is 2.41. The molecule has 0 fully saturated rings. The van der Waals surface area contributed by atoms with E-state index in [-0.39, 0.29) is 91.9 Å². The highest BCUT2D eigenvalue weighted by molar-refractivity contribution is 7.99. The molecule has 1 aliphatic heterocycles. The zero-order chi connectivity index (χ0) is 54.7. The molecule has 0 saturated heterocycles. The summed E-state index contributed by atoms with van der Waals surface area (Å²) in [5.41, 5.74) is 1.20. The van der Waals surface area contributed by atoms with Crippen molar-refractivity contribution in [3.05, 3.63) is 95.8 Å². The van der Waals surface area contributed by atoms with Gasteiger partial charge in [-0.3, -0.25) is 43.3 Å². The zero-order valence-corrected chi connectivity index (χ0v) is 43.6. The molecular weight excluding hydrogens is 981 g/mol. The number of aliphatic carboxylic acids is 2. The SMILES string of the molecule is CC(C)[C@H](NC(=O)CCCCCN1C(=O)C=CC1=O)C(=O)N[C@@H](C)C(=O)NCCCN(C(=O)CSCCC(=O)N[C@@H](CCC(=O)O)C(=O)O)[C@@H](c1cc(-c2cc(F)ccc2F)cn1Cc1ccccc1)C(C)(C)C. The number of carboxylic acid groups (broad SMARTS) is 2. The summed E-state index contributed by atoms with van der Waals surface area (Å²) in [6, 6.07) is 10.3. The number of carbonyl (C=O) groups excluding carboxylic acids is 7. The van der Waals surface area contributed by atoms with Gasteiger partial charge in [-0.05, 0) is 73.8 Å². The average molecular weight is 1050 g/mol. The van der Waals surface area contributed by atoms with E-state index in [1.807, 2.05) is 55.7 Å². The molecule has 1 aliphatic rings. The number of rotatable bonds is 30. The fraction of sp³-hybridized carbons (Fsp3) is 0.491. The molecule has 74 heavy (non-hydrogen) atoms. The van der Waals surface area contributed by atoms with Crippen LogP contribution in [0.5, 0.6) is 0 Å². The molecule has 0 bridgehead atoms. The maximum atomic E-state index is 15.4. The zero-order valence-electron chi connectivity index (χ0n) is 42.8. The number of hydrogen-bond donors (Lipinski definition) is 6. The van der Waals surface area contributed by atoms with Gasteiger partial charge in [-0.1, -0.05) is 71.4 Å². The van der Waals surface area contributed by atoms with Gasteiger partial charge >= 0.3 is 11.9 Å². The van der Waals surface area contributed by atoms with E-state index in [0.717, 1.165) is 40.4 Å². The van der Waals surface area contributed by atoms with Gasteiger partial charge in [0.25, 0.3) is 11.8 Å². The Balaban J connectivity index is 1.48. The van der Waals surface area contributed by atoms with E-state index in [1.165, 1.54) is 19.1 Å². The van der Waals surface area contributed by atoms with E-state index >= 15 is 4.39 Å². The molecule has 0 aliphatic carbocycles. The number of thioether (sulfide) groups is 1. The number of nitrogens with one attached hydrogen (secondary N) is 4. The molecule has 21 heteroatoms. The van der Waals surface area contributed by atoms with Crippen LogP contribution in [0.2, 0.25) is 0 Å². The van der Waals surface area contributed by atoms with Gasteiger partial charge < -0.3 is 40.9 Å². The number of hydrogen-bond acceptors (Lipinski definition) is 10. The van der Waals surface area contributed by atoms with Gasteiger partial charge in [0.15, 0.2) is 0 Å². The standard InChI is InChI=1S/C53H69F2N7O11S/c1-33(2)48(59-42(63)16-11-8-12-25-61-44(65)20-21-45(61)66)51(71)57-34(3)50(70)56-24-13-26-62(46(67)32-74-27-23-43(64)58-40(52(72)73)19-22-47(68)69)49(53(4,5)6)41-28-36(38-29-37(54)17-18-39(38)55)31-60(41)30-35-14-9-7-10-15-35/h7,9-10,14-15,17-18,20-21,28-29,31,33-34,40,48-49H,8,11-13,16,19,22-27,30,32H2,1-6H3,(H,56,70)(H,57,71)(H,58,64)(H,59,63)(H,68,69)(H,72,73)/t34-,40-,48-,49-/m0/s1. The summed E-state index contributed by atoms with van der Waals surface area (Å²) in [4.78, 5) is 116. The van der Waals surface area contributed by atoms with E-state index in [1.54, 1.807) is 31.0 Å². The summed E-state index contributed by atoms with van der Waals surface area (Å²) in [6.07, 6.45) is 5.08. The van der Waals surface area contributed by atoms with Crippen molar-refractivity contribution in [1.29, 1.82) is 0 Å². The van der Waals surface area contributed by atoms with Gasteiger partial charge in [0.05, 0.1) is 11.8 Å². The van der Waals surface area contributed by atoms with Crippen molar-refractivity contribution in [1.82, 2.24) is 35.6 Å². The summed E-state index contributed by atoms with van der Waals surface area (Å²) in [5, 5.41) is 29.1. The number of nitrogens with zero attached hydrogens (tertiary/aromatic N) is 3. The Morgan fingerprint density at radius 1 is 0.784 bits per heavy atom. The van der Waals surface area contributed by atoms with Crippen LogP contribution >= 0.6 is 11.8 Å². The Bertz CT molecular complexity index is 2490. The monoisotopic (exact) mass is 1050 g/mol. The normalized spacial score (nSPS) is 14.0. The average Bonchev–Trinajstić information content (AvgIpc) is 3.89. The number of aromatic nitrogens is 1. The lowest BCUT2D eigenvalue weighted by atomic mass is 9.83. The molecule has 1 aromatic heterocycles. The molecular formula is C53H69F2N7O11S. The second kappa shape index (κ2) is 28.5. The van der Waals surface area contributed by atoms with Crippen LogP contribution in [0, 0.1) is 23.0 Å². The first kappa shape index (κ1) is 59.7. The minimum absolute atomic E-state index is 0.0226. The van der Waals surface area contributed by atoms with Crippen LogP contribution in [0.25, 0.3) is 11.1 Å². The summed E-state index contributed by atoms with van der Waals surface area (Å²) in [5.74, 6) is -7.41. The molecule has 0 radical (unpaired) electrons. The van der Waals surface area contributed by atoms with Crippen LogP contribution < -0.4 is 21.3 Å². The van der Waals surface area contributed by atoms with Crippen LogP contribution in [-0.4, -0.2) is 127 Å². The molecule has 2 heterocycles. The lowest BCUT2D eigenvalue weighted by Gasteiger charge is -2.41. The Labute approximate surface area is 434 Å². The number of benzene rings is 2. The van der Waals surface area contributed by atoms with Crippen LogP contribution in [-0.2, 0) is 49.7 Å². The number of amides is 7. The molecule has 6 N–H and O–H groups in total. The van der Waals surface area contributed by atoms with E-state index in [4.69, 9.17) is 5.11 Å². The third-order valence-electron chi connectivity index (χ3n) is 12.2. The molecule has 3 aromatic rings. The van der Waals surface area contributed by atoms with Crippen molar-refractivity contribution >= 4 is 65.1 Å². The van der Waals surface area contributed by atoms with Crippen molar-refractivity contribution in [3.63, 3.8) is 0 Å². The second-order valence-corrected chi connectivity index (χ2v) is 20.7. The molecule has 4 rings (SSSR count). The first-order valence-corrected chi connectivity index (χ1v) is 25.8. The van der Waals surface area contributed by atoms with Crippen LogP contribution in [0.1, 0.15) is 110 Å². The van der Waals surface area contributed by atoms with Crippen molar-refractivity contribution in [2.45, 2.75) is 124 Å². The minimum atomic E-state index is -1.41. The van der Waals surface area contributed by atoms with Crippen LogP contribution in [0.15, 0.2) is 72.9 Å². The lowest BCUT2D eigenvalue weighted by molar-refractivity contribution is -0.143. The maximum absolute atomic E-state index is 15.4. The number of halogens is 2. The van der Waals surface area contributed by atoms with E-state index < -0.39 is 77.3 Å². The molecule has 402 valence electrons. The Morgan fingerprint density at radius 2 is 1.46 bits per heavy atom. The fourth-order valence-corrected chi connectivity index (χ4v) is 9.17. The second-order valence-electron chi connectivity index (χ2n) is 19.6. The fourth-order valence-electron chi connectivity index (χ4n) is 8.36. The number of unbranched alkanes of at least 4 members (excludes halogenated alkanes) is 2. The topological polar surface area (TPSA) is 254 Å². The van der Waals surface area contributed by atoms with Crippen molar-refractivity contribution in [2.75, 3.05) is 31.1 Å². The third kappa shape index (κ3) is 18.5. The van der Waals surface area contributed by atoms with Crippen LogP contribution in [0.3, 0.4) is 0 Å². The third-order valence-corrected chi connectivity index (χ3v) is 13.1. The summed E-state index contributed by atoms with van der Waals surface area (Å²) in [6.45, 7) is 11.5. The quantitative estimate of drug-likeness (QED) is 0.0353. The highest BCUT2D eigenvalue weighted by Gasteiger charge is 2.37. The smallest absolute Gasteiger partial charge is 0.326 e. The first-order valence-electron chi connectivity index (χ1n) is 24.7. The molecule has 4 atom stereocenters. The van der Waals surface area contributed by atoms with E-state index in [2.05, 4.69) is 21.3 Å². The molecule has 0 spiro atoms. The summed E-state index contributed by atoms with van der Waals surface area (Å²) >= 11 is 1.13. The van der Waals surface area contributed by atoms with E-state index in [0.29, 0.717) is 37.1 Å². The van der Waals surface area contributed by atoms with Crippen LogP contribution in [0.4, 0.5) is 8.78 Å². The molecule has 18 nitrogen and oxygen atoms in total. The predicted molar refractivity (Wildman–Crippen MR) is 274 cm³/mol. The predicted octanol–water partition coefficient (Wildman–Crippen LogP) is 5.59. The first-order chi connectivity index (χ1) is 35.0. The lowest BCUT2D eigenvalue weighted by Crippen LogP contribution is -2.54. The van der Waals surface area contributed by atoms with Gasteiger partial charge in [-0.2, -0.15) is 11.8 Å². The summed E-state index contributed by atoms with van der Waals surface area (Å²) < 4.78 is 31.9. The minimum Gasteiger partial charge on any atom is -0.481 e. The maximum Gasteiger partial charge on any atom is 0.326 e. The van der Waals surface area contributed by atoms with Gasteiger partial charge in [0, 0.05) is 86.4 Å². The number of carbonyl (C=O) groups is 9. The Morgan fingerprint density at radius 3 is 2.09 bits per heavy atom. The molecule has 2 aromatic carbocycles. The Kier molecular flexibility index (Phi) is 23.0. The van der Waals surface area contributed by atoms with Gasteiger partial charge in [-0.15, -0.1) is 0 Å². The number of carboxylic acids is 2. The highest BCUT2D eigenvalue weighted by atomic mass is 32.2. The van der Waals surface area contributed by atoms with Crippen molar-refractivity contribution in [2.24, 2.45) is 11.3 Å². The largest absolute Gasteiger partial charge is 0.481 e. The van der Waals surface area contributed by atoms with Crippen molar-refractivity contribution < 1.29 is 62.1 Å².